The maximum Gasteiger partial charge on any atom is 0.350 e. The molecule has 20 heavy (non-hydrogen) atoms. The van der Waals surface area contributed by atoms with Gasteiger partial charge in [0.25, 0.3) is 5.91 Å². The molecule has 1 aliphatic carbocycles. The summed E-state index contributed by atoms with van der Waals surface area (Å²) in [7, 11) is 1.33. The molecule has 1 amide bonds. The Balaban J connectivity index is 1.79. The van der Waals surface area contributed by atoms with Crippen LogP contribution in [0, 0.1) is 0 Å². The van der Waals surface area contributed by atoms with E-state index in [0.29, 0.717) is 15.4 Å². The number of carbonyl (C=O) groups is 2. The monoisotopic (exact) mass is 307 g/mol. The molecular weight excluding hydrogens is 294 g/mol. The van der Waals surface area contributed by atoms with Crippen LogP contribution in [0.3, 0.4) is 0 Å². The molecule has 0 unspecified atom stereocenters. The van der Waals surface area contributed by atoms with Gasteiger partial charge in [0.1, 0.15) is 4.88 Å². The molecule has 4 nitrogen and oxygen atoms in total. The van der Waals surface area contributed by atoms with E-state index in [0.717, 1.165) is 12.8 Å². The topological polar surface area (TPSA) is 55.4 Å². The quantitative estimate of drug-likeness (QED) is 0.885. The largest absolute Gasteiger partial charge is 0.465 e. The lowest BCUT2D eigenvalue weighted by molar-refractivity contribution is 0.0607. The van der Waals surface area contributed by atoms with Crippen molar-refractivity contribution in [1.29, 1.82) is 0 Å². The highest BCUT2D eigenvalue weighted by Crippen LogP contribution is 2.31. The predicted octanol–water partition coefficient (Wildman–Crippen LogP) is 3.34. The molecule has 1 N–H and O–H groups in total. The Bertz CT molecular complexity index is 650. The van der Waals surface area contributed by atoms with Crippen LogP contribution in [0.15, 0.2) is 17.5 Å². The van der Waals surface area contributed by atoms with Gasteiger partial charge in [-0.25, -0.2) is 4.79 Å². The van der Waals surface area contributed by atoms with Crippen LogP contribution in [-0.4, -0.2) is 19.0 Å². The van der Waals surface area contributed by atoms with Crippen LogP contribution in [0.4, 0.5) is 5.69 Å². The third kappa shape index (κ3) is 2.36. The first kappa shape index (κ1) is 13.3. The lowest BCUT2D eigenvalue weighted by Crippen LogP contribution is -2.12. The summed E-state index contributed by atoms with van der Waals surface area (Å²) in [5.41, 5.74) is 1.80. The number of hydrogen-bond acceptors (Lipinski definition) is 5. The minimum Gasteiger partial charge on any atom is -0.465 e. The van der Waals surface area contributed by atoms with Crippen LogP contribution in [0.5, 0.6) is 0 Å². The molecule has 0 radical (unpaired) electrons. The van der Waals surface area contributed by atoms with E-state index in [1.807, 2.05) is 6.07 Å². The molecule has 104 valence electrons. The molecule has 0 saturated carbocycles. The summed E-state index contributed by atoms with van der Waals surface area (Å²) in [6.45, 7) is 0. The average Bonchev–Trinajstić information content (AvgIpc) is 3.11. The molecule has 0 spiro atoms. The number of carbonyl (C=O) groups excluding carboxylic acids is 2. The Morgan fingerprint density at radius 3 is 2.95 bits per heavy atom. The Labute approximate surface area is 124 Å². The molecule has 2 aromatic rings. The van der Waals surface area contributed by atoms with Gasteiger partial charge in [-0.15, -0.1) is 22.7 Å². The highest BCUT2D eigenvalue weighted by atomic mass is 32.1. The van der Waals surface area contributed by atoms with E-state index in [9.17, 15) is 9.59 Å². The van der Waals surface area contributed by atoms with Gasteiger partial charge in [0.05, 0.1) is 17.7 Å². The van der Waals surface area contributed by atoms with E-state index in [1.54, 1.807) is 22.8 Å². The number of thiophene rings is 2. The van der Waals surface area contributed by atoms with Crippen molar-refractivity contribution in [1.82, 2.24) is 0 Å². The summed E-state index contributed by atoms with van der Waals surface area (Å²) < 4.78 is 4.70. The number of hydrogen-bond donors (Lipinski definition) is 1. The zero-order chi connectivity index (χ0) is 14.1. The van der Waals surface area contributed by atoms with Crippen molar-refractivity contribution in [3.8, 4) is 0 Å². The SMILES string of the molecule is COC(=O)c1sccc1NC(=O)c1cc2c(s1)CCC2. The van der Waals surface area contributed by atoms with Crippen molar-refractivity contribution in [2.75, 3.05) is 12.4 Å². The van der Waals surface area contributed by atoms with Gasteiger partial charge in [-0.1, -0.05) is 0 Å². The van der Waals surface area contributed by atoms with Gasteiger partial charge in [-0.3, -0.25) is 4.79 Å². The average molecular weight is 307 g/mol. The second-order valence-corrected chi connectivity index (χ2v) is 6.57. The van der Waals surface area contributed by atoms with E-state index in [2.05, 4.69) is 5.32 Å². The van der Waals surface area contributed by atoms with Crippen molar-refractivity contribution < 1.29 is 14.3 Å². The molecule has 6 heteroatoms. The first-order valence-electron chi connectivity index (χ1n) is 6.28. The van der Waals surface area contributed by atoms with E-state index in [1.165, 1.54) is 35.3 Å². The third-order valence-electron chi connectivity index (χ3n) is 3.25. The number of fused-ring (bicyclic) bond motifs is 1. The van der Waals surface area contributed by atoms with Crippen molar-refractivity contribution in [3.05, 3.63) is 37.7 Å². The summed E-state index contributed by atoms with van der Waals surface area (Å²) in [6.07, 6.45) is 3.31. The van der Waals surface area contributed by atoms with Crippen molar-refractivity contribution in [2.45, 2.75) is 19.3 Å². The lowest BCUT2D eigenvalue weighted by atomic mass is 10.2. The minimum atomic E-state index is -0.427. The lowest BCUT2D eigenvalue weighted by Gasteiger charge is -2.04. The number of anilines is 1. The predicted molar refractivity (Wildman–Crippen MR) is 80.0 cm³/mol. The number of rotatable bonds is 3. The third-order valence-corrected chi connectivity index (χ3v) is 5.38. The number of methoxy groups -OCH3 is 1. The van der Waals surface area contributed by atoms with Crippen molar-refractivity contribution in [2.24, 2.45) is 0 Å². The van der Waals surface area contributed by atoms with Gasteiger partial charge in [-0.05, 0) is 42.3 Å². The Morgan fingerprint density at radius 2 is 2.20 bits per heavy atom. The smallest absolute Gasteiger partial charge is 0.350 e. The van der Waals surface area contributed by atoms with Gasteiger partial charge in [-0.2, -0.15) is 0 Å². The first-order chi connectivity index (χ1) is 9.69. The zero-order valence-electron chi connectivity index (χ0n) is 10.9. The maximum absolute atomic E-state index is 12.2. The highest BCUT2D eigenvalue weighted by molar-refractivity contribution is 7.14. The fourth-order valence-corrected chi connectivity index (χ4v) is 4.20. The summed E-state index contributed by atoms with van der Waals surface area (Å²) >= 11 is 2.80. The van der Waals surface area contributed by atoms with Crippen LogP contribution in [0.1, 0.15) is 36.2 Å². The van der Waals surface area contributed by atoms with Gasteiger partial charge in [0.15, 0.2) is 0 Å². The number of amides is 1. The van der Waals surface area contributed by atoms with Gasteiger partial charge < -0.3 is 10.1 Å². The minimum absolute atomic E-state index is 0.159. The van der Waals surface area contributed by atoms with Crippen molar-refractivity contribution >= 4 is 40.2 Å². The molecule has 0 aromatic carbocycles. The number of esters is 1. The van der Waals surface area contributed by atoms with Gasteiger partial charge in [0, 0.05) is 4.88 Å². The van der Waals surface area contributed by atoms with Crippen LogP contribution >= 0.6 is 22.7 Å². The van der Waals surface area contributed by atoms with E-state index >= 15 is 0 Å². The summed E-state index contributed by atoms with van der Waals surface area (Å²) in [6, 6.07) is 3.68. The van der Waals surface area contributed by atoms with Gasteiger partial charge >= 0.3 is 5.97 Å². The summed E-state index contributed by atoms with van der Waals surface area (Å²) in [5, 5.41) is 4.55. The molecule has 0 bridgehead atoms. The summed E-state index contributed by atoms with van der Waals surface area (Å²) in [5.74, 6) is -0.586. The number of ether oxygens (including phenoxy) is 1. The number of aryl methyl sites for hydroxylation is 2. The first-order valence-corrected chi connectivity index (χ1v) is 7.97. The Morgan fingerprint density at radius 1 is 1.35 bits per heavy atom. The van der Waals surface area contributed by atoms with Crippen LogP contribution in [-0.2, 0) is 17.6 Å². The highest BCUT2D eigenvalue weighted by Gasteiger charge is 2.20. The second-order valence-electron chi connectivity index (χ2n) is 4.52. The standard InChI is InChI=1S/C14H13NO3S2/c1-18-14(17)12-9(5-6-19-12)15-13(16)11-7-8-3-2-4-10(8)20-11/h5-7H,2-4H2,1H3,(H,15,16). The number of nitrogens with one attached hydrogen (secondary N) is 1. The zero-order valence-corrected chi connectivity index (χ0v) is 12.5. The molecule has 0 fully saturated rings. The molecule has 2 aromatic heterocycles. The Hall–Kier alpha value is -1.66. The van der Waals surface area contributed by atoms with Gasteiger partial charge in [0.2, 0.25) is 0 Å². The van der Waals surface area contributed by atoms with Crippen LogP contribution < -0.4 is 5.32 Å². The van der Waals surface area contributed by atoms with Crippen LogP contribution in [0.25, 0.3) is 0 Å². The molecule has 1 aliphatic rings. The van der Waals surface area contributed by atoms with Crippen LogP contribution in [0.2, 0.25) is 0 Å². The molecular formula is C14H13NO3S2. The van der Waals surface area contributed by atoms with Crippen molar-refractivity contribution in [3.63, 3.8) is 0 Å². The Kier molecular flexibility index (Phi) is 3.58. The molecule has 0 saturated heterocycles. The fraction of sp³-hybridized carbons (Fsp3) is 0.286. The van der Waals surface area contributed by atoms with E-state index in [-0.39, 0.29) is 5.91 Å². The second kappa shape index (κ2) is 5.38. The molecule has 0 aliphatic heterocycles. The fourth-order valence-electron chi connectivity index (χ4n) is 2.28. The molecule has 0 atom stereocenters. The molecule has 3 rings (SSSR count). The van der Waals surface area contributed by atoms with E-state index in [4.69, 9.17) is 4.74 Å². The maximum atomic E-state index is 12.2. The normalized spacial score (nSPS) is 13.1. The molecule has 2 heterocycles. The summed E-state index contributed by atoms with van der Waals surface area (Å²) in [4.78, 5) is 26.2. The van der Waals surface area contributed by atoms with E-state index < -0.39 is 5.97 Å².